The Hall–Kier alpha value is -3.05. The topological polar surface area (TPSA) is 128 Å². The van der Waals surface area contributed by atoms with Gasteiger partial charge in [0.15, 0.2) is 21.1 Å². The van der Waals surface area contributed by atoms with Crippen LogP contribution in [0.2, 0.25) is 0 Å². The smallest absolute Gasteiger partial charge is 0.269 e. The SMILES string of the molecule is C[C@H](Oc1ccc([N+](=O)[O-])cc1)C(=O)Nc1nc2ccc(S(C)(=O)=O)cc2s1. The molecule has 1 aromatic heterocycles. The van der Waals surface area contributed by atoms with Crippen molar-refractivity contribution in [3.63, 3.8) is 0 Å². The first-order chi connectivity index (χ1) is 13.1. The van der Waals surface area contributed by atoms with E-state index in [1.165, 1.54) is 43.3 Å². The van der Waals surface area contributed by atoms with Crippen LogP contribution in [0.5, 0.6) is 5.75 Å². The van der Waals surface area contributed by atoms with E-state index < -0.39 is 26.8 Å². The maximum Gasteiger partial charge on any atom is 0.269 e. The first kappa shape index (κ1) is 19.7. The number of sulfone groups is 1. The third-order valence-electron chi connectivity index (χ3n) is 3.75. The number of anilines is 1. The van der Waals surface area contributed by atoms with Gasteiger partial charge in [0.05, 0.1) is 20.0 Å². The van der Waals surface area contributed by atoms with Crippen LogP contribution in [-0.2, 0) is 14.6 Å². The van der Waals surface area contributed by atoms with Crippen LogP contribution in [0.4, 0.5) is 10.8 Å². The summed E-state index contributed by atoms with van der Waals surface area (Å²) in [5.74, 6) is -0.143. The van der Waals surface area contributed by atoms with E-state index in [1.54, 1.807) is 6.07 Å². The number of carbonyl (C=O) groups excluding carboxylic acids is 1. The summed E-state index contributed by atoms with van der Waals surface area (Å²) in [5.41, 5.74) is 0.490. The van der Waals surface area contributed by atoms with Gasteiger partial charge in [0.2, 0.25) is 0 Å². The van der Waals surface area contributed by atoms with Crippen molar-refractivity contribution in [2.45, 2.75) is 17.9 Å². The molecule has 3 rings (SSSR count). The fourth-order valence-corrected chi connectivity index (χ4v) is 3.93. The molecule has 3 aromatic rings. The predicted octanol–water partition coefficient (Wildman–Crippen LogP) is 3.01. The Bertz CT molecular complexity index is 1160. The summed E-state index contributed by atoms with van der Waals surface area (Å²) in [7, 11) is -3.34. The molecular weight excluding hydrogens is 406 g/mol. The van der Waals surface area contributed by atoms with Crippen LogP contribution in [0.25, 0.3) is 10.2 Å². The van der Waals surface area contributed by atoms with Crippen LogP contribution in [0, 0.1) is 10.1 Å². The number of ether oxygens (including phenoxy) is 1. The molecule has 1 amide bonds. The average Bonchev–Trinajstić information content (AvgIpc) is 3.02. The van der Waals surface area contributed by atoms with Gasteiger partial charge in [-0.3, -0.25) is 20.2 Å². The van der Waals surface area contributed by atoms with E-state index in [9.17, 15) is 23.3 Å². The monoisotopic (exact) mass is 421 g/mol. The maximum absolute atomic E-state index is 12.3. The van der Waals surface area contributed by atoms with Gasteiger partial charge >= 0.3 is 0 Å². The molecule has 146 valence electrons. The summed E-state index contributed by atoms with van der Waals surface area (Å²) in [6, 6.07) is 9.94. The molecule has 1 N–H and O–H groups in total. The van der Waals surface area contributed by atoms with Crippen LogP contribution < -0.4 is 10.1 Å². The molecular formula is C17H15N3O6S2. The Morgan fingerprint density at radius 2 is 1.93 bits per heavy atom. The molecule has 0 saturated carbocycles. The highest BCUT2D eigenvalue weighted by Crippen LogP contribution is 2.28. The third-order valence-corrected chi connectivity index (χ3v) is 5.79. The van der Waals surface area contributed by atoms with Crippen LogP contribution in [0.3, 0.4) is 0 Å². The second-order valence-corrected chi connectivity index (χ2v) is 8.97. The van der Waals surface area contributed by atoms with E-state index in [0.29, 0.717) is 21.1 Å². The average molecular weight is 421 g/mol. The fraction of sp³-hybridized carbons (Fsp3) is 0.176. The van der Waals surface area contributed by atoms with Crippen molar-refractivity contribution in [2.75, 3.05) is 11.6 Å². The largest absolute Gasteiger partial charge is 0.481 e. The lowest BCUT2D eigenvalue weighted by molar-refractivity contribution is -0.384. The number of rotatable bonds is 6. The number of nitrogens with zero attached hydrogens (tertiary/aromatic N) is 2. The van der Waals surface area contributed by atoms with Crippen LogP contribution in [0.1, 0.15) is 6.92 Å². The number of hydrogen-bond donors (Lipinski definition) is 1. The Labute approximate surface area is 164 Å². The van der Waals surface area contributed by atoms with Gasteiger partial charge < -0.3 is 4.74 Å². The molecule has 2 aromatic carbocycles. The van der Waals surface area contributed by atoms with Gasteiger partial charge in [-0.1, -0.05) is 11.3 Å². The third kappa shape index (κ3) is 4.43. The predicted molar refractivity (Wildman–Crippen MR) is 105 cm³/mol. The molecule has 28 heavy (non-hydrogen) atoms. The van der Waals surface area contributed by atoms with Crippen LogP contribution in [-0.4, -0.2) is 36.6 Å². The first-order valence-corrected chi connectivity index (χ1v) is 10.7. The summed E-state index contributed by atoms with van der Waals surface area (Å²) in [6.07, 6.45) is 0.245. The van der Waals surface area contributed by atoms with Crippen molar-refractivity contribution in [2.24, 2.45) is 0 Å². The molecule has 9 nitrogen and oxygen atoms in total. The highest BCUT2D eigenvalue weighted by Gasteiger charge is 2.18. The standard InChI is InChI=1S/C17H15N3O6S2/c1-10(26-12-5-3-11(4-6-12)20(22)23)16(21)19-17-18-14-8-7-13(28(2,24)25)9-15(14)27-17/h3-10H,1-2H3,(H,18,19,21)/t10-/m0/s1. The van der Waals surface area contributed by atoms with Gasteiger partial charge in [-0.05, 0) is 37.3 Å². The molecule has 0 aliphatic carbocycles. The van der Waals surface area contributed by atoms with Crippen molar-refractivity contribution in [1.82, 2.24) is 4.98 Å². The van der Waals surface area contributed by atoms with Crippen molar-refractivity contribution in [3.8, 4) is 5.75 Å². The molecule has 0 spiro atoms. The zero-order chi connectivity index (χ0) is 20.5. The number of nitro groups is 1. The summed E-state index contributed by atoms with van der Waals surface area (Å²) in [5, 5.41) is 13.6. The molecule has 0 fully saturated rings. The van der Waals surface area contributed by atoms with E-state index in [4.69, 9.17) is 4.74 Å². The molecule has 0 unspecified atom stereocenters. The zero-order valence-electron chi connectivity index (χ0n) is 14.8. The van der Waals surface area contributed by atoms with Crippen LogP contribution >= 0.6 is 11.3 Å². The lowest BCUT2D eigenvalue weighted by Crippen LogP contribution is -2.30. The summed E-state index contributed by atoms with van der Waals surface area (Å²) in [6.45, 7) is 1.53. The van der Waals surface area contributed by atoms with Crippen molar-refractivity contribution in [3.05, 3.63) is 52.6 Å². The van der Waals surface area contributed by atoms with E-state index in [0.717, 1.165) is 17.6 Å². The van der Waals surface area contributed by atoms with Gasteiger partial charge in [0.1, 0.15) is 5.75 Å². The van der Waals surface area contributed by atoms with Crippen molar-refractivity contribution in [1.29, 1.82) is 0 Å². The number of fused-ring (bicyclic) bond motifs is 1. The van der Waals surface area contributed by atoms with Crippen molar-refractivity contribution >= 4 is 48.1 Å². The van der Waals surface area contributed by atoms with Gasteiger partial charge in [0.25, 0.3) is 11.6 Å². The minimum absolute atomic E-state index is 0.0765. The lowest BCUT2D eigenvalue weighted by atomic mass is 10.3. The zero-order valence-corrected chi connectivity index (χ0v) is 16.4. The summed E-state index contributed by atoms with van der Waals surface area (Å²) >= 11 is 1.15. The number of carbonyl (C=O) groups is 1. The summed E-state index contributed by atoms with van der Waals surface area (Å²) in [4.78, 5) is 26.9. The number of nitrogens with one attached hydrogen (secondary N) is 1. The Morgan fingerprint density at radius 1 is 1.25 bits per heavy atom. The molecule has 0 saturated heterocycles. The van der Waals surface area contributed by atoms with E-state index >= 15 is 0 Å². The number of thiazole rings is 1. The van der Waals surface area contributed by atoms with Crippen LogP contribution in [0.15, 0.2) is 47.4 Å². The first-order valence-electron chi connectivity index (χ1n) is 7.96. The number of aromatic nitrogens is 1. The van der Waals surface area contributed by atoms with Gasteiger partial charge in [-0.25, -0.2) is 13.4 Å². The molecule has 1 atom stereocenters. The fourth-order valence-electron chi connectivity index (χ4n) is 2.30. The number of benzene rings is 2. The maximum atomic E-state index is 12.3. The van der Waals surface area contributed by atoms with E-state index in [1.807, 2.05) is 0 Å². The second-order valence-electron chi connectivity index (χ2n) is 5.92. The van der Waals surface area contributed by atoms with Gasteiger partial charge in [0, 0.05) is 18.4 Å². The van der Waals surface area contributed by atoms with E-state index in [-0.39, 0.29) is 10.6 Å². The number of amides is 1. The Balaban J connectivity index is 1.70. The minimum Gasteiger partial charge on any atom is -0.481 e. The van der Waals surface area contributed by atoms with Gasteiger partial charge in [-0.15, -0.1) is 0 Å². The number of non-ortho nitro benzene ring substituents is 1. The molecule has 0 bridgehead atoms. The number of hydrogen-bond acceptors (Lipinski definition) is 8. The Morgan fingerprint density at radius 3 is 2.54 bits per heavy atom. The van der Waals surface area contributed by atoms with Crippen molar-refractivity contribution < 1.29 is 22.9 Å². The van der Waals surface area contributed by atoms with Gasteiger partial charge in [-0.2, -0.15) is 0 Å². The highest BCUT2D eigenvalue weighted by molar-refractivity contribution is 7.90. The molecule has 0 aliphatic heterocycles. The normalized spacial score (nSPS) is 12.5. The quantitative estimate of drug-likeness (QED) is 0.478. The second kappa shape index (κ2) is 7.52. The number of nitro benzene ring substituents is 1. The molecule has 0 radical (unpaired) electrons. The summed E-state index contributed by atoms with van der Waals surface area (Å²) < 4.78 is 29.4. The molecule has 1 heterocycles. The minimum atomic E-state index is -3.34. The Kier molecular flexibility index (Phi) is 5.29. The molecule has 11 heteroatoms. The molecule has 0 aliphatic rings. The highest BCUT2D eigenvalue weighted by atomic mass is 32.2. The lowest BCUT2D eigenvalue weighted by Gasteiger charge is -2.13. The van der Waals surface area contributed by atoms with E-state index in [2.05, 4.69) is 10.3 Å².